The van der Waals surface area contributed by atoms with Gasteiger partial charge in [-0.25, -0.2) is 18.1 Å². The zero-order valence-corrected chi connectivity index (χ0v) is 10.9. The molecule has 7 heteroatoms. The van der Waals surface area contributed by atoms with Crippen LogP contribution in [0.1, 0.15) is 17.6 Å². The molecule has 0 saturated carbocycles. The molecule has 0 bridgehead atoms. The Bertz CT molecular complexity index is 572. The van der Waals surface area contributed by atoms with Gasteiger partial charge in [0.15, 0.2) is 0 Å². The lowest BCUT2D eigenvalue weighted by molar-refractivity contribution is 0.582. The summed E-state index contributed by atoms with van der Waals surface area (Å²) in [5, 5.41) is 0. The number of H-pyrrole nitrogens is 1. The Balaban J connectivity index is 2.08. The molecule has 0 fully saturated rings. The molecule has 5 nitrogen and oxygen atoms in total. The lowest BCUT2D eigenvalue weighted by atomic mass is 10.4. The van der Waals surface area contributed by atoms with Crippen LogP contribution in [0.3, 0.4) is 0 Å². The Kier molecular flexibility index (Phi) is 3.60. The fraction of sp³-hybridized carbons (Fsp3) is 0.300. The molecule has 0 saturated heterocycles. The summed E-state index contributed by atoms with van der Waals surface area (Å²) in [6, 6.07) is 3.47. The first-order valence-electron chi connectivity index (χ1n) is 5.18. The summed E-state index contributed by atoms with van der Waals surface area (Å²) in [6.45, 7) is 2.17. The van der Waals surface area contributed by atoms with Crippen molar-refractivity contribution >= 4 is 21.4 Å². The van der Waals surface area contributed by atoms with E-state index < -0.39 is 10.0 Å². The Morgan fingerprint density at radius 1 is 1.47 bits per heavy atom. The van der Waals surface area contributed by atoms with Crippen molar-refractivity contribution in [1.29, 1.82) is 0 Å². The van der Waals surface area contributed by atoms with Gasteiger partial charge < -0.3 is 4.98 Å². The van der Waals surface area contributed by atoms with Gasteiger partial charge in [0.1, 0.15) is 10.0 Å². The number of aromatic amines is 1. The maximum Gasteiger partial charge on any atom is 0.250 e. The summed E-state index contributed by atoms with van der Waals surface area (Å²) in [5.41, 5.74) is 0. The third-order valence-electron chi connectivity index (χ3n) is 2.23. The topological polar surface area (TPSA) is 74.8 Å². The molecule has 0 atom stereocenters. The Labute approximate surface area is 104 Å². The molecule has 92 valence electrons. The monoisotopic (exact) mass is 271 g/mol. The van der Waals surface area contributed by atoms with E-state index in [-0.39, 0.29) is 6.54 Å². The Hall–Kier alpha value is -1.18. The fourth-order valence-electron chi connectivity index (χ4n) is 1.32. The van der Waals surface area contributed by atoms with Gasteiger partial charge >= 0.3 is 0 Å². The average Bonchev–Trinajstić information content (AvgIpc) is 2.98. The number of hydrogen-bond donors (Lipinski definition) is 2. The van der Waals surface area contributed by atoms with Gasteiger partial charge in [0.05, 0.1) is 6.54 Å². The van der Waals surface area contributed by atoms with Crippen molar-refractivity contribution in [2.75, 3.05) is 0 Å². The Morgan fingerprint density at radius 2 is 2.29 bits per heavy atom. The Morgan fingerprint density at radius 3 is 2.88 bits per heavy atom. The first-order valence-corrected chi connectivity index (χ1v) is 7.48. The number of nitrogens with one attached hydrogen (secondary N) is 2. The van der Waals surface area contributed by atoms with E-state index in [1.165, 1.54) is 11.3 Å². The fourth-order valence-corrected chi connectivity index (χ4v) is 3.65. The number of imidazole rings is 1. The summed E-state index contributed by atoms with van der Waals surface area (Å²) in [4.78, 5) is 7.86. The van der Waals surface area contributed by atoms with Crippen LogP contribution in [0.25, 0.3) is 0 Å². The number of rotatable bonds is 5. The zero-order valence-electron chi connectivity index (χ0n) is 9.30. The third kappa shape index (κ3) is 2.93. The smallest absolute Gasteiger partial charge is 0.250 e. The number of sulfonamides is 1. The van der Waals surface area contributed by atoms with Crippen LogP contribution in [0.2, 0.25) is 0 Å². The molecule has 17 heavy (non-hydrogen) atoms. The second kappa shape index (κ2) is 4.99. The third-order valence-corrected chi connectivity index (χ3v) is 5.36. The molecule has 0 aromatic carbocycles. The lowest BCUT2D eigenvalue weighted by Gasteiger charge is -2.02. The molecule has 0 aliphatic rings. The average molecular weight is 271 g/mol. The van der Waals surface area contributed by atoms with E-state index in [2.05, 4.69) is 14.7 Å². The highest BCUT2D eigenvalue weighted by molar-refractivity contribution is 7.91. The summed E-state index contributed by atoms with van der Waals surface area (Å²) in [6.07, 6.45) is 4.09. The number of aromatic nitrogens is 2. The van der Waals surface area contributed by atoms with Crippen molar-refractivity contribution in [2.24, 2.45) is 0 Å². The van der Waals surface area contributed by atoms with Crippen LogP contribution in [0.4, 0.5) is 0 Å². The van der Waals surface area contributed by atoms with Crippen LogP contribution in [0, 0.1) is 0 Å². The molecular weight excluding hydrogens is 258 g/mol. The van der Waals surface area contributed by atoms with Crippen LogP contribution >= 0.6 is 11.3 Å². The van der Waals surface area contributed by atoms with E-state index in [0.717, 1.165) is 11.3 Å². The second-order valence-electron chi connectivity index (χ2n) is 3.43. The highest BCUT2D eigenvalue weighted by Gasteiger charge is 2.16. The molecule has 0 aliphatic heterocycles. The SMILES string of the molecule is CCc1ccc(S(=O)(=O)NCc2ncc[nH]2)s1. The number of nitrogens with zero attached hydrogens (tertiary/aromatic N) is 1. The van der Waals surface area contributed by atoms with E-state index in [1.807, 2.05) is 13.0 Å². The standard InChI is InChI=1S/C10H13N3O2S2/c1-2-8-3-4-10(16-8)17(14,15)13-7-9-11-5-6-12-9/h3-6,13H,2,7H2,1H3,(H,11,12). The molecule has 0 radical (unpaired) electrons. The molecule has 0 spiro atoms. The van der Waals surface area contributed by atoms with E-state index >= 15 is 0 Å². The predicted octanol–water partition coefficient (Wildman–Crippen LogP) is 1.51. The summed E-state index contributed by atoms with van der Waals surface area (Å²) in [7, 11) is -3.42. The minimum atomic E-state index is -3.42. The highest BCUT2D eigenvalue weighted by Crippen LogP contribution is 2.21. The molecular formula is C10H13N3O2S2. The predicted molar refractivity (Wildman–Crippen MR) is 66.3 cm³/mol. The quantitative estimate of drug-likeness (QED) is 0.865. The summed E-state index contributed by atoms with van der Waals surface area (Å²) < 4.78 is 26.7. The number of aryl methyl sites for hydroxylation is 1. The van der Waals surface area contributed by atoms with Crippen molar-refractivity contribution in [3.63, 3.8) is 0 Å². The van der Waals surface area contributed by atoms with E-state index in [9.17, 15) is 8.42 Å². The van der Waals surface area contributed by atoms with Gasteiger partial charge in [-0.3, -0.25) is 0 Å². The molecule has 2 rings (SSSR count). The van der Waals surface area contributed by atoms with Crippen LogP contribution in [-0.2, 0) is 23.0 Å². The highest BCUT2D eigenvalue weighted by atomic mass is 32.2. The number of hydrogen-bond acceptors (Lipinski definition) is 4. The maximum atomic E-state index is 11.9. The zero-order chi connectivity index (χ0) is 12.3. The van der Waals surface area contributed by atoms with Gasteiger partial charge in [-0.15, -0.1) is 11.3 Å². The van der Waals surface area contributed by atoms with Crippen LogP contribution in [0.5, 0.6) is 0 Å². The van der Waals surface area contributed by atoms with Crippen molar-refractivity contribution in [2.45, 2.75) is 24.1 Å². The van der Waals surface area contributed by atoms with Crippen LogP contribution < -0.4 is 4.72 Å². The normalized spacial score (nSPS) is 11.8. The van der Waals surface area contributed by atoms with Crippen molar-refractivity contribution < 1.29 is 8.42 Å². The number of thiophene rings is 1. The molecule has 2 N–H and O–H groups in total. The van der Waals surface area contributed by atoms with Gasteiger partial charge in [-0.1, -0.05) is 6.92 Å². The van der Waals surface area contributed by atoms with E-state index in [0.29, 0.717) is 10.0 Å². The van der Waals surface area contributed by atoms with Crippen molar-refractivity contribution in [1.82, 2.24) is 14.7 Å². The van der Waals surface area contributed by atoms with Crippen LogP contribution in [0.15, 0.2) is 28.7 Å². The van der Waals surface area contributed by atoms with E-state index in [4.69, 9.17) is 0 Å². The molecule has 2 heterocycles. The first kappa shape index (κ1) is 12.3. The maximum absolute atomic E-state index is 11.9. The molecule has 0 amide bonds. The van der Waals surface area contributed by atoms with E-state index in [1.54, 1.807) is 18.5 Å². The second-order valence-corrected chi connectivity index (χ2v) is 6.60. The van der Waals surface area contributed by atoms with Crippen LogP contribution in [-0.4, -0.2) is 18.4 Å². The minimum absolute atomic E-state index is 0.175. The summed E-state index contributed by atoms with van der Waals surface area (Å²) in [5.74, 6) is 0.598. The van der Waals surface area contributed by atoms with Crippen molar-refractivity contribution in [3.8, 4) is 0 Å². The minimum Gasteiger partial charge on any atom is -0.347 e. The van der Waals surface area contributed by atoms with Crippen molar-refractivity contribution in [3.05, 3.63) is 35.2 Å². The van der Waals surface area contributed by atoms with Gasteiger partial charge in [-0.2, -0.15) is 0 Å². The lowest BCUT2D eigenvalue weighted by Crippen LogP contribution is -2.22. The molecule has 2 aromatic rings. The van der Waals surface area contributed by atoms with Gasteiger partial charge in [0.25, 0.3) is 0 Å². The first-order chi connectivity index (χ1) is 8.12. The molecule has 2 aromatic heterocycles. The summed E-state index contributed by atoms with van der Waals surface area (Å²) >= 11 is 1.30. The molecule has 0 unspecified atom stereocenters. The van der Waals surface area contributed by atoms with Gasteiger partial charge in [-0.05, 0) is 18.6 Å². The van der Waals surface area contributed by atoms with Gasteiger partial charge in [0, 0.05) is 17.3 Å². The van der Waals surface area contributed by atoms with Gasteiger partial charge in [0.2, 0.25) is 10.0 Å². The molecule has 0 aliphatic carbocycles. The largest absolute Gasteiger partial charge is 0.347 e.